The van der Waals surface area contributed by atoms with Gasteiger partial charge in [0.2, 0.25) is 5.91 Å². The van der Waals surface area contributed by atoms with E-state index in [1.165, 1.54) is 6.07 Å². The van der Waals surface area contributed by atoms with E-state index in [0.717, 1.165) is 32.1 Å². The van der Waals surface area contributed by atoms with Crippen LogP contribution in [0.4, 0.5) is 10.1 Å². The van der Waals surface area contributed by atoms with Crippen LogP contribution in [0, 0.1) is 15.3 Å². The predicted octanol–water partition coefficient (Wildman–Crippen LogP) is 3.81. The first-order chi connectivity index (χ1) is 9.91. The summed E-state index contributed by atoms with van der Waals surface area (Å²) in [6, 6.07) is 1.46. The second-order valence-corrected chi connectivity index (χ2v) is 7.05. The van der Waals surface area contributed by atoms with E-state index >= 15 is 0 Å². The van der Waals surface area contributed by atoms with Gasteiger partial charge in [0, 0.05) is 9.49 Å². The summed E-state index contributed by atoms with van der Waals surface area (Å²) in [5.74, 6) is -1.81. The molecule has 0 radical (unpaired) electrons. The van der Waals surface area contributed by atoms with Gasteiger partial charge in [0.1, 0.15) is 0 Å². The van der Waals surface area contributed by atoms with Gasteiger partial charge in [-0.2, -0.15) is 0 Å². The summed E-state index contributed by atoms with van der Waals surface area (Å²) in [6.07, 6.45) is 4.72. The summed E-state index contributed by atoms with van der Waals surface area (Å²) in [7, 11) is 0. The van der Waals surface area contributed by atoms with Crippen molar-refractivity contribution >= 4 is 56.0 Å². The van der Waals surface area contributed by atoms with E-state index in [4.69, 9.17) is 5.73 Å². The molecule has 0 aromatic heterocycles. The highest BCUT2D eigenvalue weighted by Crippen LogP contribution is 2.33. The van der Waals surface area contributed by atoms with Crippen molar-refractivity contribution in [2.24, 2.45) is 11.7 Å². The number of nitrogens with one attached hydrogen (secondary N) is 1. The van der Waals surface area contributed by atoms with Crippen LogP contribution in [-0.2, 0) is 4.79 Å². The molecule has 2 rings (SSSR count). The zero-order chi connectivity index (χ0) is 15.6. The molecule has 0 spiro atoms. The van der Waals surface area contributed by atoms with Crippen molar-refractivity contribution in [1.82, 2.24) is 0 Å². The maximum Gasteiger partial charge on any atom is 0.250 e. The van der Waals surface area contributed by atoms with Gasteiger partial charge in [-0.05, 0) is 57.4 Å². The van der Waals surface area contributed by atoms with Crippen LogP contribution in [0.5, 0.6) is 0 Å². The third kappa shape index (κ3) is 3.74. The molecule has 2 amide bonds. The van der Waals surface area contributed by atoms with E-state index in [2.05, 4.69) is 21.2 Å². The molecule has 21 heavy (non-hydrogen) atoms. The molecule has 0 heterocycles. The fourth-order valence-electron chi connectivity index (χ4n) is 2.50. The number of anilines is 1. The zero-order valence-corrected chi connectivity index (χ0v) is 15.0. The van der Waals surface area contributed by atoms with Crippen LogP contribution >= 0.6 is 38.5 Å². The Labute approximate surface area is 144 Å². The summed E-state index contributed by atoms with van der Waals surface area (Å²) in [6.45, 7) is 0. The Hall–Kier alpha value is -0.700. The quantitative estimate of drug-likeness (QED) is 0.523. The molecule has 1 aliphatic carbocycles. The Balaban J connectivity index is 2.32. The molecule has 7 heteroatoms. The van der Waals surface area contributed by atoms with Crippen molar-refractivity contribution in [3.05, 3.63) is 25.5 Å². The third-order valence-corrected chi connectivity index (χ3v) is 6.02. The van der Waals surface area contributed by atoms with Gasteiger partial charge in [-0.1, -0.05) is 19.3 Å². The molecule has 1 fully saturated rings. The lowest BCUT2D eigenvalue weighted by Gasteiger charge is -2.21. The van der Waals surface area contributed by atoms with Crippen molar-refractivity contribution in [2.75, 3.05) is 5.32 Å². The maximum atomic E-state index is 14.3. The molecule has 0 unspecified atom stereocenters. The van der Waals surface area contributed by atoms with E-state index < -0.39 is 11.7 Å². The molecule has 1 aliphatic rings. The van der Waals surface area contributed by atoms with E-state index in [9.17, 15) is 14.0 Å². The average molecular weight is 469 g/mol. The number of primary amides is 1. The summed E-state index contributed by atoms with van der Waals surface area (Å²) >= 11 is 5.01. The van der Waals surface area contributed by atoms with E-state index in [-0.39, 0.29) is 27.5 Å². The Kier molecular flexibility index (Phi) is 5.59. The van der Waals surface area contributed by atoms with Gasteiger partial charge in [-0.3, -0.25) is 9.59 Å². The van der Waals surface area contributed by atoms with E-state index in [1.807, 2.05) is 22.6 Å². The van der Waals surface area contributed by atoms with Gasteiger partial charge in [0.25, 0.3) is 5.91 Å². The number of carbonyl (C=O) groups excluding carboxylic acids is 2. The molecule has 0 atom stereocenters. The minimum Gasteiger partial charge on any atom is -0.366 e. The largest absolute Gasteiger partial charge is 0.366 e. The summed E-state index contributed by atoms with van der Waals surface area (Å²) in [5, 5.41) is 2.55. The molecule has 114 valence electrons. The summed E-state index contributed by atoms with van der Waals surface area (Å²) < 4.78 is 15.1. The number of rotatable bonds is 3. The SMILES string of the molecule is NC(=O)c1cc(I)c(Br)c(F)c1NC(=O)C1CCCCC1. The van der Waals surface area contributed by atoms with Crippen molar-refractivity contribution in [3.8, 4) is 0 Å². The van der Waals surface area contributed by atoms with Crippen LogP contribution in [0.1, 0.15) is 42.5 Å². The first-order valence-corrected chi connectivity index (χ1v) is 8.57. The normalized spacial score (nSPS) is 15.8. The van der Waals surface area contributed by atoms with Crippen LogP contribution in [-0.4, -0.2) is 11.8 Å². The van der Waals surface area contributed by atoms with E-state index in [1.54, 1.807) is 0 Å². The topological polar surface area (TPSA) is 72.2 Å². The monoisotopic (exact) mass is 468 g/mol. The fraction of sp³-hybridized carbons (Fsp3) is 0.429. The lowest BCUT2D eigenvalue weighted by molar-refractivity contribution is -0.120. The second kappa shape index (κ2) is 7.04. The maximum absolute atomic E-state index is 14.3. The molecular formula is C14H15BrFIN2O2. The van der Waals surface area contributed by atoms with Gasteiger partial charge < -0.3 is 11.1 Å². The minimum absolute atomic E-state index is 0.00994. The number of carbonyl (C=O) groups is 2. The molecule has 1 aromatic rings. The van der Waals surface area contributed by atoms with Crippen molar-refractivity contribution in [2.45, 2.75) is 32.1 Å². The van der Waals surface area contributed by atoms with Crippen LogP contribution in [0.25, 0.3) is 0 Å². The van der Waals surface area contributed by atoms with Crippen LogP contribution in [0.15, 0.2) is 10.5 Å². The molecule has 4 nitrogen and oxygen atoms in total. The first-order valence-electron chi connectivity index (χ1n) is 6.70. The fourth-order valence-corrected chi connectivity index (χ4v) is 3.36. The second-order valence-electron chi connectivity index (χ2n) is 5.10. The van der Waals surface area contributed by atoms with Crippen LogP contribution in [0.2, 0.25) is 0 Å². The number of halogens is 3. The van der Waals surface area contributed by atoms with E-state index in [0.29, 0.717) is 3.57 Å². The highest BCUT2D eigenvalue weighted by molar-refractivity contribution is 14.1. The molecule has 0 aliphatic heterocycles. The highest BCUT2D eigenvalue weighted by atomic mass is 127. The lowest BCUT2D eigenvalue weighted by Crippen LogP contribution is -2.27. The molecule has 0 bridgehead atoms. The summed E-state index contributed by atoms with van der Waals surface area (Å²) in [4.78, 5) is 23.7. The Morgan fingerprint density at radius 2 is 1.95 bits per heavy atom. The predicted molar refractivity (Wildman–Crippen MR) is 90.5 cm³/mol. The van der Waals surface area contributed by atoms with Crippen molar-refractivity contribution in [3.63, 3.8) is 0 Å². The molecule has 0 saturated heterocycles. The molecule has 3 N–H and O–H groups in total. The van der Waals surface area contributed by atoms with Crippen molar-refractivity contribution in [1.29, 1.82) is 0 Å². The smallest absolute Gasteiger partial charge is 0.250 e. The van der Waals surface area contributed by atoms with Gasteiger partial charge >= 0.3 is 0 Å². The number of amides is 2. The minimum atomic E-state index is -0.765. The van der Waals surface area contributed by atoms with Crippen LogP contribution < -0.4 is 11.1 Å². The lowest BCUT2D eigenvalue weighted by atomic mass is 9.88. The van der Waals surface area contributed by atoms with Crippen LogP contribution in [0.3, 0.4) is 0 Å². The zero-order valence-electron chi connectivity index (χ0n) is 11.2. The van der Waals surface area contributed by atoms with Crippen molar-refractivity contribution < 1.29 is 14.0 Å². The van der Waals surface area contributed by atoms with Gasteiger partial charge in [-0.15, -0.1) is 0 Å². The molecule has 1 aromatic carbocycles. The Morgan fingerprint density at radius 3 is 2.52 bits per heavy atom. The average Bonchev–Trinajstić information content (AvgIpc) is 2.48. The number of nitrogens with two attached hydrogens (primary N) is 1. The van der Waals surface area contributed by atoms with Gasteiger partial charge in [-0.25, -0.2) is 4.39 Å². The standard InChI is InChI=1S/C14H15BrFIN2O2/c15-10-9(17)6-8(13(18)20)12(11(10)16)19-14(21)7-4-2-1-3-5-7/h6-7H,1-5H2,(H2,18,20)(H,19,21). The highest BCUT2D eigenvalue weighted by Gasteiger charge is 2.25. The molecular weight excluding hydrogens is 454 g/mol. The third-order valence-electron chi connectivity index (χ3n) is 3.65. The Bertz CT molecular complexity index is 589. The number of hydrogen-bond acceptors (Lipinski definition) is 2. The molecule has 1 saturated carbocycles. The Morgan fingerprint density at radius 1 is 1.33 bits per heavy atom. The number of hydrogen-bond donors (Lipinski definition) is 2. The first kappa shape index (κ1) is 16.7. The van der Waals surface area contributed by atoms with Gasteiger partial charge in [0.15, 0.2) is 5.82 Å². The summed E-state index contributed by atoms with van der Waals surface area (Å²) in [5.41, 5.74) is 5.14. The van der Waals surface area contributed by atoms with Gasteiger partial charge in [0.05, 0.1) is 15.7 Å². The number of benzene rings is 1.